The molecule has 1 aromatic rings. The van der Waals surface area contributed by atoms with Gasteiger partial charge in [0.25, 0.3) is 5.91 Å². The maximum Gasteiger partial charge on any atom is 0.255 e. The van der Waals surface area contributed by atoms with Gasteiger partial charge in [0.15, 0.2) is 11.5 Å². The number of ether oxygens (including phenoxy) is 3. The van der Waals surface area contributed by atoms with Crippen molar-refractivity contribution in [2.45, 2.75) is 25.3 Å². The Morgan fingerprint density at radius 2 is 1.83 bits per heavy atom. The van der Waals surface area contributed by atoms with Crippen LogP contribution in [0.15, 0.2) is 89.0 Å². The predicted octanol–water partition coefficient (Wildman–Crippen LogP) is 4.35. The van der Waals surface area contributed by atoms with Gasteiger partial charge in [-0.3, -0.25) is 4.79 Å². The van der Waals surface area contributed by atoms with Crippen molar-refractivity contribution >= 4 is 31.2 Å². The molecule has 0 fully saturated rings. The normalized spacial score (nSPS) is 18.9. The number of carbonyl (C=O) groups excluding carboxylic acids is 2. The van der Waals surface area contributed by atoms with Crippen LogP contribution in [0.3, 0.4) is 0 Å². The van der Waals surface area contributed by atoms with Gasteiger partial charge in [-0.25, -0.2) is 4.99 Å². The van der Waals surface area contributed by atoms with Crippen LogP contribution in [0, 0.1) is 0 Å². The van der Waals surface area contributed by atoms with Crippen LogP contribution >= 0.6 is 12.6 Å². The number of rotatable bonds is 7. The van der Waals surface area contributed by atoms with Crippen LogP contribution in [0.2, 0.25) is 0 Å². The smallest absolute Gasteiger partial charge is 0.255 e. The molecule has 2 aliphatic rings. The van der Waals surface area contributed by atoms with Crippen molar-refractivity contribution in [3.63, 3.8) is 0 Å². The van der Waals surface area contributed by atoms with E-state index in [1.807, 2.05) is 67.6 Å². The second kappa shape index (κ2) is 17.0. The number of amides is 1. The Morgan fingerprint density at radius 3 is 2.39 bits per heavy atom. The molecule has 3 rings (SSSR count). The zero-order valence-corrected chi connectivity index (χ0v) is 22.2. The summed E-state index contributed by atoms with van der Waals surface area (Å²) in [5.41, 5.74) is 7.49. The number of carbonyl (C=O) groups is 2. The van der Waals surface area contributed by atoms with E-state index in [2.05, 4.69) is 17.6 Å². The summed E-state index contributed by atoms with van der Waals surface area (Å²) in [6.07, 6.45) is 14.6. The second-order valence-electron chi connectivity index (χ2n) is 7.17. The lowest BCUT2D eigenvalue weighted by molar-refractivity contribution is -0.106. The van der Waals surface area contributed by atoms with Crippen molar-refractivity contribution < 1.29 is 23.8 Å². The van der Waals surface area contributed by atoms with Crippen LogP contribution in [0.1, 0.15) is 35.1 Å². The van der Waals surface area contributed by atoms with Crippen molar-refractivity contribution in [3.8, 4) is 0 Å². The number of allylic oxidation sites excluding steroid dienone is 4. The van der Waals surface area contributed by atoms with Gasteiger partial charge in [-0.15, -0.1) is 12.6 Å². The van der Waals surface area contributed by atoms with Crippen LogP contribution in [0.5, 0.6) is 0 Å². The maximum atomic E-state index is 12.7. The van der Waals surface area contributed by atoms with Gasteiger partial charge >= 0.3 is 0 Å². The number of fused-ring (bicyclic) bond motifs is 1. The van der Waals surface area contributed by atoms with Crippen LogP contribution in [0.4, 0.5) is 0 Å². The fourth-order valence-electron chi connectivity index (χ4n) is 3.35. The summed E-state index contributed by atoms with van der Waals surface area (Å²) < 4.78 is 16.3. The number of benzene rings is 1. The van der Waals surface area contributed by atoms with Gasteiger partial charge in [0, 0.05) is 25.4 Å². The number of nitrogens with zero attached hydrogens (tertiary/aromatic N) is 2. The van der Waals surface area contributed by atoms with Gasteiger partial charge in [0.05, 0.1) is 20.6 Å². The average Bonchev–Trinajstić information content (AvgIpc) is 3.03. The zero-order chi connectivity index (χ0) is 26.9. The Morgan fingerprint density at radius 1 is 1.14 bits per heavy atom. The highest BCUT2D eigenvalue weighted by molar-refractivity contribution is 7.80. The number of methoxy groups -OCH3 is 3. The van der Waals surface area contributed by atoms with Crippen LogP contribution in [-0.2, 0) is 19.0 Å². The molecule has 0 saturated heterocycles. The molecule has 0 saturated carbocycles. The lowest BCUT2D eigenvalue weighted by atomic mass is 10.1. The number of hydrogen-bond donors (Lipinski definition) is 2. The zero-order valence-electron chi connectivity index (χ0n) is 21.3. The molecule has 36 heavy (non-hydrogen) atoms. The fraction of sp³-hybridized carbons (Fsp3) is 0.296. The van der Waals surface area contributed by atoms with Gasteiger partial charge in [0.2, 0.25) is 0 Å². The Labute approximate surface area is 218 Å². The van der Waals surface area contributed by atoms with Crippen LogP contribution in [0.25, 0.3) is 0 Å². The van der Waals surface area contributed by atoms with Crippen molar-refractivity contribution in [1.29, 1.82) is 0 Å². The molecule has 0 radical (unpaired) electrons. The molecule has 1 aliphatic carbocycles. The standard InChI is InChI=1S/C19H21NO4S.C6H10N2.C2H4O/c1-22-15-9-8-12(10-16(23-2)17(15)24-3)11-20-18(21)13-6-4-5-7-14(13)19(20)25;1-2-3-4-5-8-6-7;1-2-3/h4-10,15,19,25H,11H2,1-3H3;2-6H,1H3,(H2,7,8);2H,1H3/b;3-2-,5-4-;. The summed E-state index contributed by atoms with van der Waals surface area (Å²) >= 11 is 4.63. The number of thiol groups is 1. The molecule has 2 N–H and O–H groups in total. The highest BCUT2D eigenvalue weighted by Crippen LogP contribution is 2.37. The molecule has 0 spiro atoms. The lowest BCUT2D eigenvalue weighted by Crippen LogP contribution is -2.27. The van der Waals surface area contributed by atoms with Crippen molar-refractivity contribution in [2.75, 3.05) is 27.9 Å². The van der Waals surface area contributed by atoms with Gasteiger partial charge in [0.1, 0.15) is 17.8 Å². The molecule has 1 heterocycles. The first-order chi connectivity index (χ1) is 17.4. The van der Waals surface area contributed by atoms with E-state index in [4.69, 9.17) is 24.7 Å². The quantitative estimate of drug-likeness (QED) is 0.185. The summed E-state index contributed by atoms with van der Waals surface area (Å²) in [5, 5.41) is -0.267. The SMILES string of the molecule is C/C=C\C=C/N=CN.CC=O.COC1=C(OC)C(OC)C=CC(CN2C(=O)c3ccccc3C2S)=C1. The first-order valence-electron chi connectivity index (χ1n) is 11.2. The molecule has 1 aromatic carbocycles. The monoisotopic (exact) mass is 513 g/mol. The third kappa shape index (κ3) is 8.58. The second-order valence-corrected chi connectivity index (χ2v) is 7.66. The molecule has 1 aliphatic heterocycles. The number of hydrogen-bond acceptors (Lipinski definition) is 7. The summed E-state index contributed by atoms with van der Waals surface area (Å²) in [5.74, 6) is 1.15. The van der Waals surface area contributed by atoms with E-state index in [1.165, 1.54) is 13.3 Å². The summed E-state index contributed by atoms with van der Waals surface area (Å²) in [7, 11) is 4.77. The average molecular weight is 514 g/mol. The molecule has 9 heteroatoms. The maximum absolute atomic E-state index is 12.7. The third-order valence-corrected chi connectivity index (χ3v) is 5.49. The third-order valence-electron chi connectivity index (χ3n) is 4.94. The van der Waals surface area contributed by atoms with E-state index < -0.39 is 0 Å². The van der Waals surface area contributed by atoms with E-state index in [1.54, 1.807) is 32.4 Å². The largest absolute Gasteiger partial charge is 0.494 e. The molecule has 0 aromatic heterocycles. The van der Waals surface area contributed by atoms with E-state index in [0.717, 1.165) is 17.4 Å². The molecule has 8 nitrogen and oxygen atoms in total. The minimum absolute atomic E-state index is 0.0210. The van der Waals surface area contributed by atoms with Crippen molar-refractivity contribution in [3.05, 3.63) is 95.1 Å². The molecule has 194 valence electrons. The summed E-state index contributed by atoms with van der Waals surface area (Å²) in [6.45, 7) is 3.80. The van der Waals surface area contributed by atoms with E-state index >= 15 is 0 Å². The van der Waals surface area contributed by atoms with Gasteiger partial charge in [-0.1, -0.05) is 36.4 Å². The van der Waals surface area contributed by atoms with Crippen molar-refractivity contribution in [1.82, 2.24) is 4.90 Å². The Hall–Kier alpha value is -3.56. The van der Waals surface area contributed by atoms with E-state index in [0.29, 0.717) is 23.6 Å². The highest BCUT2D eigenvalue weighted by Gasteiger charge is 2.34. The predicted molar refractivity (Wildman–Crippen MR) is 147 cm³/mol. The first-order valence-corrected chi connectivity index (χ1v) is 11.7. The number of aliphatic imine (C=N–C) groups is 1. The van der Waals surface area contributed by atoms with Crippen LogP contribution in [-0.4, -0.2) is 57.4 Å². The van der Waals surface area contributed by atoms with Gasteiger partial charge in [-0.2, -0.15) is 0 Å². The first kappa shape index (κ1) is 30.5. The topological polar surface area (TPSA) is 103 Å². The molecule has 2 atom stereocenters. The summed E-state index contributed by atoms with van der Waals surface area (Å²) in [6, 6.07) is 7.56. The molecule has 2 unspecified atom stereocenters. The van der Waals surface area contributed by atoms with Crippen LogP contribution < -0.4 is 5.73 Å². The highest BCUT2D eigenvalue weighted by atomic mass is 32.1. The molecule has 1 amide bonds. The number of nitrogens with two attached hydrogens (primary N) is 1. The minimum atomic E-state index is -0.341. The fourth-order valence-corrected chi connectivity index (χ4v) is 3.76. The van der Waals surface area contributed by atoms with Gasteiger partial charge < -0.3 is 29.6 Å². The van der Waals surface area contributed by atoms with E-state index in [-0.39, 0.29) is 17.4 Å². The molecule has 0 bridgehead atoms. The molecular formula is C27H35N3O5S. The summed E-state index contributed by atoms with van der Waals surface area (Å²) in [4.78, 5) is 26.9. The van der Waals surface area contributed by atoms with Gasteiger partial charge in [-0.05, 0) is 49.3 Å². The van der Waals surface area contributed by atoms with E-state index in [9.17, 15) is 4.79 Å². The Kier molecular flexibility index (Phi) is 14.4. The Bertz CT molecular complexity index is 1030. The minimum Gasteiger partial charge on any atom is -0.494 e. The van der Waals surface area contributed by atoms with Crippen molar-refractivity contribution in [2.24, 2.45) is 10.7 Å². The lowest BCUT2D eigenvalue weighted by Gasteiger charge is -2.22. The Balaban J connectivity index is 0.000000498. The number of aldehydes is 1. The molecular weight excluding hydrogens is 478 g/mol.